The summed E-state index contributed by atoms with van der Waals surface area (Å²) in [5.41, 5.74) is 0.586. The molecule has 16 heavy (non-hydrogen) atoms. The molecule has 1 rings (SSSR count). The van der Waals surface area contributed by atoms with Gasteiger partial charge in [-0.05, 0) is 31.7 Å². The summed E-state index contributed by atoms with van der Waals surface area (Å²) < 4.78 is 5.07. The van der Waals surface area contributed by atoms with Gasteiger partial charge in [0.25, 0.3) is 5.91 Å². The van der Waals surface area contributed by atoms with Crippen molar-refractivity contribution in [2.24, 2.45) is 5.92 Å². The Kier molecular flexibility index (Phi) is 5.39. The molecular weight excluding hydrogens is 226 g/mol. The first kappa shape index (κ1) is 13.1. The lowest BCUT2D eigenvalue weighted by Gasteiger charge is -2.07. The lowest BCUT2D eigenvalue weighted by Crippen LogP contribution is -2.24. The lowest BCUT2D eigenvalue weighted by atomic mass is 10.1. The maximum absolute atomic E-state index is 11.6. The van der Waals surface area contributed by atoms with Gasteiger partial charge < -0.3 is 9.73 Å². The molecule has 1 N–H and O–H groups in total. The van der Waals surface area contributed by atoms with Gasteiger partial charge in [-0.15, -0.1) is 11.6 Å². The SMILES string of the molecule is Cc1cc(C(=O)NCCCC(C)CCl)co1. The summed E-state index contributed by atoms with van der Waals surface area (Å²) in [5, 5.41) is 2.85. The van der Waals surface area contributed by atoms with Crippen LogP contribution in [0.5, 0.6) is 0 Å². The molecule has 0 bridgehead atoms. The van der Waals surface area contributed by atoms with Gasteiger partial charge in [0, 0.05) is 12.4 Å². The monoisotopic (exact) mass is 243 g/mol. The zero-order valence-electron chi connectivity index (χ0n) is 9.75. The van der Waals surface area contributed by atoms with Crippen molar-refractivity contribution in [1.29, 1.82) is 0 Å². The van der Waals surface area contributed by atoms with Crippen molar-refractivity contribution in [3.63, 3.8) is 0 Å². The molecule has 90 valence electrons. The van der Waals surface area contributed by atoms with E-state index in [4.69, 9.17) is 16.0 Å². The van der Waals surface area contributed by atoms with Crippen LogP contribution < -0.4 is 5.32 Å². The van der Waals surface area contributed by atoms with E-state index in [0.29, 0.717) is 23.9 Å². The molecule has 3 nitrogen and oxygen atoms in total. The highest BCUT2D eigenvalue weighted by Crippen LogP contribution is 2.07. The first-order valence-corrected chi connectivity index (χ1v) is 6.06. The topological polar surface area (TPSA) is 42.2 Å². The van der Waals surface area contributed by atoms with Crippen molar-refractivity contribution in [2.45, 2.75) is 26.7 Å². The van der Waals surface area contributed by atoms with Crippen molar-refractivity contribution in [1.82, 2.24) is 5.32 Å². The average Bonchev–Trinajstić information content (AvgIpc) is 2.70. The molecule has 1 amide bonds. The molecule has 1 aromatic rings. The maximum atomic E-state index is 11.6. The average molecular weight is 244 g/mol. The van der Waals surface area contributed by atoms with Gasteiger partial charge in [-0.1, -0.05) is 6.92 Å². The molecule has 0 spiro atoms. The van der Waals surface area contributed by atoms with Crippen LogP contribution in [0.1, 0.15) is 35.9 Å². The van der Waals surface area contributed by atoms with E-state index in [-0.39, 0.29) is 5.91 Å². The van der Waals surface area contributed by atoms with Crippen LogP contribution in [0.15, 0.2) is 16.7 Å². The minimum absolute atomic E-state index is 0.0737. The summed E-state index contributed by atoms with van der Waals surface area (Å²) in [6.45, 7) is 4.61. The number of halogens is 1. The fraction of sp³-hybridized carbons (Fsp3) is 0.583. The predicted octanol–water partition coefficient (Wildman–Crippen LogP) is 2.97. The fourth-order valence-electron chi connectivity index (χ4n) is 1.39. The predicted molar refractivity (Wildman–Crippen MR) is 64.9 cm³/mol. The summed E-state index contributed by atoms with van der Waals surface area (Å²) in [6, 6.07) is 1.73. The first-order chi connectivity index (χ1) is 7.63. The molecule has 0 radical (unpaired) electrons. The minimum atomic E-state index is -0.0737. The van der Waals surface area contributed by atoms with Gasteiger partial charge in [0.05, 0.1) is 5.56 Å². The van der Waals surface area contributed by atoms with Crippen LogP contribution in [0, 0.1) is 12.8 Å². The smallest absolute Gasteiger partial charge is 0.254 e. The van der Waals surface area contributed by atoms with E-state index in [9.17, 15) is 4.79 Å². The third kappa shape index (κ3) is 4.27. The van der Waals surface area contributed by atoms with Gasteiger partial charge in [0.1, 0.15) is 12.0 Å². The van der Waals surface area contributed by atoms with E-state index in [1.54, 1.807) is 6.07 Å². The summed E-state index contributed by atoms with van der Waals surface area (Å²) in [6.07, 6.45) is 3.47. The van der Waals surface area contributed by atoms with Gasteiger partial charge in [-0.25, -0.2) is 0 Å². The summed E-state index contributed by atoms with van der Waals surface area (Å²) >= 11 is 5.69. The Labute approximate surface area is 101 Å². The van der Waals surface area contributed by atoms with Crippen LogP contribution in [0.25, 0.3) is 0 Å². The third-order valence-electron chi connectivity index (χ3n) is 2.42. The quantitative estimate of drug-likeness (QED) is 0.617. The molecule has 4 heteroatoms. The number of furan rings is 1. The molecular formula is C12H18ClNO2. The number of nitrogens with one attached hydrogen (secondary N) is 1. The Morgan fingerprint density at radius 3 is 2.94 bits per heavy atom. The molecule has 1 heterocycles. The molecule has 1 aromatic heterocycles. The number of rotatable bonds is 6. The summed E-state index contributed by atoms with van der Waals surface area (Å²) in [4.78, 5) is 11.6. The molecule has 0 saturated carbocycles. The zero-order chi connectivity index (χ0) is 12.0. The number of alkyl halides is 1. The molecule has 0 aromatic carbocycles. The number of amides is 1. The van der Waals surface area contributed by atoms with Crippen LogP contribution in [0.4, 0.5) is 0 Å². The number of hydrogen-bond acceptors (Lipinski definition) is 2. The molecule has 0 aliphatic carbocycles. The highest BCUT2D eigenvalue weighted by molar-refractivity contribution is 6.18. The van der Waals surface area contributed by atoms with E-state index in [1.165, 1.54) is 6.26 Å². The molecule has 0 saturated heterocycles. The Bertz CT molecular complexity index is 336. The van der Waals surface area contributed by atoms with Gasteiger partial charge in [-0.2, -0.15) is 0 Å². The molecule has 0 fully saturated rings. The summed E-state index contributed by atoms with van der Waals surface area (Å²) in [7, 11) is 0. The molecule has 1 unspecified atom stereocenters. The minimum Gasteiger partial charge on any atom is -0.469 e. The largest absolute Gasteiger partial charge is 0.469 e. The van der Waals surface area contributed by atoms with Crippen molar-refractivity contribution in [3.05, 3.63) is 23.7 Å². The Hall–Kier alpha value is -0.960. The fourth-order valence-corrected chi connectivity index (χ4v) is 1.55. The number of carbonyl (C=O) groups is 1. The normalized spacial score (nSPS) is 12.4. The second-order valence-electron chi connectivity index (χ2n) is 4.10. The van der Waals surface area contributed by atoms with Crippen molar-refractivity contribution >= 4 is 17.5 Å². The van der Waals surface area contributed by atoms with E-state index in [0.717, 1.165) is 18.6 Å². The number of hydrogen-bond donors (Lipinski definition) is 1. The molecule has 1 atom stereocenters. The van der Waals surface area contributed by atoms with Gasteiger partial charge in [0.2, 0.25) is 0 Å². The zero-order valence-corrected chi connectivity index (χ0v) is 10.5. The van der Waals surface area contributed by atoms with E-state index < -0.39 is 0 Å². The highest BCUT2D eigenvalue weighted by atomic mass is 35.5. The lowest BCUT2D eigenvalue weighted by molar-refractivity contribution is 0.0952. The Morgan fingerprint density at radius 2 is 2.38 bits per heavy atom. The standard InChI is InChI=1S/C12H18ClNO2/c1-9(7-13)4-3-5-14-12(15)11-6-10(2)16-8-11/h6,8-9H,3-5,7H2,1-2H3,(H,14,15). The number of carbonyl (C=O) groups excluding carboxylic acids is 1. The van der Waals surface area contributed by atoms with Crippen LogP contribution >= 0.6 is 11.6 Å². The highest BCUT2D eigenvalue weighted by Gasteiger charge is 2.07. The molecule has 0 aliphatic heterocycles. The van der Waals surface area contributed by atoms with Crippen LogP contribution in [0.2, 0.25) is 0 Å². The maximum Gasteiger partial charge on any atom is 0.254 e. The van der Waals surface area contributed by atoms with Crippen molar-refractivity contribution < 1.29 is 9.21 Å². The van der Waals surface area contributed by atoms with Crippen LogP contribution in [-0.4, -0.2) is 18.3 Å². The van der Waals surface area contributed by atoms with E-state index in [2.05, 4.69) is 12.2 Å². The van der Waals surface area contributed by atoms with Gasteiger partial charge in [-0.3, -0.25) is 4.79 Å². The van der Waals surface area contributed by atoms with Gasteiger partial charge in [0.15, 0.2) is 0 Å². The summed E-state index contributed by atoms with van der Waals surface area (Å²) in [5.74, 6) is 1.86. The Balaban J connectivity index is 2.21. The second-order valence-corrected chi connectivity index (χ2v) is 4.41. The van der Waals surface area contributed by atoms with Crippen molar-refractivity contribution in [2.75, 3.05) is 12.4 Å². The van der Waals surface area contributed by atoms with Crippen LogP contribution in [-0.2, 0) is 0 Å². The number of aryl methyl sites for hydroxylation is 1. The Morgan fingerprint density at radius 1 is 1.62 bits per heavy atom. The van der Waals surface area contributed by atoms with Crippen molar-refractivity contribution in [3.8, 4) is 0 Å². The van der Waals surface area contributed by atoms with Crippen LogP contribution in [0.3, 0.4) is 0 Å². The third-order valence-corrected chi connectivity index (χ3v) is 2.94. The first-order valence-electron chi connectivity index (χ1n) is 5.52. The van der Waals surface area contributed by atoms with E-state index >= 15 is 0 Å². The second kappa shape index (κ2) is 6.59. The molecule has 0 aliphatic rings. The van der Waals surface area contributed by atoms with Gasteiger partial charge >= 0.3 is 0 Å². The van der Waals surface area contributed by atoms with E-state index in [1.807, 2.05) is 6.92 Å².